The Morgan fingerprint density at radius 3 is 2.60 bits per heavy atom. The molecular formula is C22H21N3O4S. The van der Waals surface area contributed by atoms with Crippen LogP contribution in [0.15, 0.2) is 42.5 Å². The average molecular weight is 423 g/mol. The molecule has 154 valence electrons. The highest BCUT2D eigenvalue weighted by atomic mass is 32.1. The van der Waals surface area contributed by atoms with Gasteiger partial charge in [0.1, 0.15) is 21.5 Å². The first-order valence-electron chi connectivity index (χ1n) is 9.61. The van der Waals surface area contributed by atoms with Crippen molar-refractivity contribution in [2.24, 2.45) is 5.92 Å². The molecular weight excluding hydrogens is 402 g/mol. The van der Waals surface area contributed by atoms with Crippen LogP contribution in [-0.4, -0.2) is 38.6 Å². The number of carbonyl (C=O) groups excluding carboxylic acids is 1. The lowest BCUT2D eigenvalue weighted by atomic mass is 10.1. The molecule has 1 fully saturated rings. The number of carbonyl (C=O) groups is 2. The quantitative estimate of drug-likeness (QED) is 0.633. The molecule has 8 heteroatoms. The third kappa shape index (κ3) is 4.33. The SMILES string of the molecule is Cc1nnc(-c2ccc(Oc3cc(C(=O)O)ccc3CN3CC(C)CC3=O)cc2)s1. The molecule has 0 aliphatic carbocycles. The van der Waals surface area contributed by atoms with Gasteiger partial charge in [0.05, 0.1) is 5.56 Å². The van der Waals surface area contributed by atoms with Gasteiger partial charge in [0.25, 0.3) is 0 Å². The summed E-state index contributed by atoms with van der Waals surface area (Å²) in [6.45, 7) is 5.03. The zero-order valence-electron chi connectivity index (χ0n) is 16.7. The zero-order chi connectivity index (χ0) is 21.3. The van der Waals surface area contributed by atoms with E-state index in [1.54, 1.807) is 11.0 Å². The van der Waals surface area contributed by atoms with E-state index in [9.17, 15) is 14.7 Å². The van der Waals surface area contributed by atoms with Crippen molar-refractivity contribution in [3.63, 3.8) is 0 Å². The molecule has 2 heterocycles. The Kier molecular flexibility index (Phi) is 5.50. The van der Waals surface area contributed by atoms with E-state index in [1.165, 1.54) is 23.5 Å². The van der Waals surface area contributed by atoms with Crippen LogP contribution in [0, 0.1) is 12.8 Å². The van der Waals surface area contributed by atoms with Gasteiger partial charge in [-0.25, -0.2) is 4.79 Å². The number of aryl methyl sites for hydroxylation is 1. The summed E-state index contributed by atoms with van der Waals surface area (Å²) in [4.78, 5) is 25.4. The summed E-state index contributed by atoms with van der Waals surface area (Å²) in [6, 6.07) is 12.2. The Morgan fingerprint density at radius 1 is 1.23 bits per heavy atom. The largest absolute Gasteiger partial charge is 0.478 e. The Balaban J connectivity index is 1.59. The fraction of sp³-hybridized carbons (Fsp3) is 0.273. The molecule has 1 aliphatic heterocycles. The van der Waals surface area contributed by atoms with Gasteiger partial charge in [0.2, 0.25) is 5.91 Å². The van der Waals surface area contributed by atoms with Crippen LogP contribution in [0.25, 0.3) is 10.6 Å². The summed E-state index contributed by atoms with van der Waals surface area (Å²) in [6.07, 6.45) is 0.538. The number of rotatable bonds is 6. The van der Waals surface area contributed by atoms with Crippen molar-refractivity contribution in [1.29, 1.82) is 0 Å². The second-order valence-electron chi connectivity index (χ2n) is 7.46. The third-order valence-corrected chi connectivity index (χ3v) is 5.83. The maximum Gasteiger partial charge on any atom is 0.335 e. The minimum atomic E-state index is -1.03. The fourth-order valence-corrected chi connectivity index (χ4v) is 4.14. The smallest absolute Gasteiger partial charge is 0.335 e. The summed E-state index contributed by atoms with van der Waals surface area (Å²) in [7, 11) is 0. The van der Waals surface area contributed by atoms with Gasteiger partial charge in [-0.05, 0) is 49.2 Å². The van der Waals surface area contributed by atoms with E-state index in [0.717, 1.165) is 21.1 Å². The van der Waals surface area contributed by atoms with Gasteiger partial charge in [-0.3, -0.25) is 4.79 Å². The number of amides is 1. The van der Waals surface area contributed by atoms with E-state index in [4.69, 9.17) is 4.74 Å². The molecule has 2 aromatic carbocycles. The maximum atomic E-state index is 12.2. The predicted molar refractivity (Wildman–Crippen MR) is 113 cm³/mol. The number of hydrogen-bond acceptors (Lipinski definition) is 6. The predicted octanol–water partition coefficient (Wildman–Crippen LogP) is 4.37. The van der Waals surface area contributed by atoms with Crippen LogP contribution < -0.4 is 4.74 Å². The lowest BCUT2D eigenvalue weighted by Gasteiger charge is -2.19. The number of ether oxygens (including phenoxy) is 1. The molecule has 1 unspecified atom stereocenters. The number of aromatic nitrogens is 2. The molecule has 0 spiro atoms. The van der Waals surface area contributed by atoms with Crippen molar-refractivity contribution in [1.82, 2.24) is 15.1 Å². The second kappa shape index (κ2) is 8.23. The Bertz CT molecular complexity index is 1090. The zero-order valence-corrected chi connectivity index (χ0v) is 17.5. The summed E-state index contributed by atoms with van der Waals surface area (Å²) < 4.78 is 6.03. The Labute approximate surface area is 177 Å². The van der Waals surface area contributed by atoms with Crippen LogP contribution in [0.1, 0.15) is 34.3 Å². The molecule has 3 aromatic rings. The van der Waals surface area contributed by atoms with E-state index in [1.807, 2.05) is 38.1 Å². The van der Waals surface area contributed by atoms with Gasteiger partial charge in [0.15, 0.2) is 0 Å². The average Bonchev–Trinajstić information content (AvgIpc) is 3.28. The molecule has 1 N–H and O–H groups in total. The first-order chi connectivity index (χ1) is 14.4. The highest BCUT2D eigenvalue weighted by molar-refractivity contribution is 7.14. The number of aromatic carboxylic acids is 1. The van der Waals surface area contributed by atoms with Gasteiger partial charge in [0, 0.05) is 30.6 Å². The van der Waals surface area contributed by atoms with Crippen LogP contribution >= 0.6 is 11.3 Å². The minimum Gasteiger partial charge on any atom is -0.478 e. The fourth-order valence-electron chi connectivity index (χ4n) is 3.45. The van der Waals surface area contributed by atoms with E-state index in [2.05, 4.69) is 10.2 Å². The molecule has 1 aromatic heterocycles. The van der Waals surface area contributed by atoms with E-state index >= 15 is 0 Å². The number of hydrogen-bond donors (Lipinski definition) is 1. The van der Waals surface area contributed by atoms with E-state index in [-0.39, 0.29) is 11.5 Å². The van der Waals surface area contributed by atoms with Gasteiger partial charge < -0.3 is 14.7 Å². The molecule has 4 rings (SSSR count). The molecule has 1 saturated heterocycles. The summed E-state index contributed by atoms with van der Waals surface area (Å²) >= 11 is 1.51. The second-order valence-corrected chi connectivity index (χ2v) is 8.65. The topological polar surface area (TPSA) is 92.6 Å². The standard InChI is InChI=1S/C22H21N3O4S/c1-13-9-20(26)25(11-13)12-17-4-3-16(22(27)28)10-19(17)29-18-7-5-15(6-8-18)21-24-23-14(2)30-21/h3-8,10,13H,9,11-12H2,1-2H3,(H,27,28). The van der Waals surface area contributed by atoms with Gasteiger partial charge >= 0.3 is 5.97 Å². The van der Waals surface area contributed by atoms with Crippen LogP contribution in [0.3, 0.4) is 0 Å². The lowest BCUT2D eigenvalue weighted by molar-refractivity contribution is -0.128. The van der Waals surface area contributed by atoms with Crippen molar-refractivity contribution in [2.75, 3.05) is 6.54 Å². The Morgan fingerprint density at radius 2 is 2.00 bits per heavy atom. The van der Waals surface area contributed by atoms with Gasteiger partial charge in [-0.2, -0.15) is 0 Å². The molecule has 0 saturated carbocycles. The highest BCUT2D eigenvalue weighted by Gasteiger charge is 2.27. The molecule has 1 aliphatic rings. The van der Waals surface area contributed by atoms with Crippen molar-refractivity contribution >= 4 is 23.2 Å². The van der Waals surface area contributed by atoms with E-state index in [0.29, 0.717) is 36.9 Å². The van der Waals surface area contributed by atoms with Crippen molar-refractivity contribution in [3.05, 3.63) is 58.6 Å². The minimum absolute atomic E-state index is 0.104. The molecule has 7 nitrogen and oxygen atoms in total. The normalized spacial score (nSPS) is 16.1. The van der Waals surface area contributed by atoms with Crippen LogP contribution in [0.5, 0.6) is 11.5 Å². The maximum absolute atomic E-state index is 12.2. The Hall–Kier alpha value is -3.26. The molecule has 0 bridgehead atoms. The monoisotopic (exact) mass is 423 g/mol. The first-order valence-corrected chi connectivity index (χ1v) is 10.4. The number of likely N-dealkylation sites (tertiary alicyclic amines) is 1. The summed E-state index contributed by atoms with van der Waals surface area (Å²) in [5.41, 5.74) is 1.84. The molecule has 30 heavy (non-hydrogen) atoms. The molecule has 0 radical (unpaired) electrons. The lowest BCUT2D eigenvalue weighted by Crippen LogP contribution is -2.24. The van der Waals surface area contributed by atoms with Crippen LogP contribution in [0.2, 0.25) is 0 Å². The summed E-state index contributed by atoms with van der Waals surface area (Å²) in [5.74, 6) is 0.398. The highest BCUT2D eigenvalue weighted by Crippen LogP contribution is 2.31. The number of carboxylic acids is 1. The van der Waals surface area contributed by atoms with Crippen LogP contribution in [-0.2, 0) is 11.3 Å². The van der Waals surface area contributed by atoms with Gasteiger partial charge in [-0.15, -0.1) is 10.2 Å². The van der Waals surface area contributed by atoms with Crippen LogP contribution in [0.4, 0.5) is 0 Å². The van der Waals surface area contributed by atoms with Crippen molar-refractivity contribution < 1.29 is 19.4 Å². The number of benzene rings is 2. The first kappa shape index (κ1) is 20.0. The van der Waals surface area contributed by atoms with Crippen molar-refractivity contribution in [3.8, 4) is 22.1 Å². The van der Waals surface area contributed by atoms with E-state index < -0.39 is 5.97 Å². The molecule has 1 atom stereocenters. The van der Waals surface area contributed by atoms with Crippen molar-refractivity contribution in [2.45, 2.75) is 26.8 Å². The number of nitrogens with zero attached hydrogens (tertiary/aromatic N) is 3. The number of carboxylic acid groups (broad SMARTS) is 1. The molecule has 1 amide bonds. The summed E-state index contributed by atoms with van der Waals surface area (Å²) in [5, 5.41) is 19.3. The van der Waals surface area contributed by atoms with Gasteiger partial charge in [-0.1, -0.05) is 24.3 Å². The third-order valence-electron chi connectivity index (χ3n) is 4.94.